The largest absolute Gasteiger partial charge is 0.369 e. The summed E-state index contributed by atoms with van der Waals surface area (Å²) in [5, 5.41) is 0. The highest BCUT2D eigenvalue weighted by Crippen LogP contribution is 2.11. The highest BCUT2D eigenvalue weighted by atomic mass is 16.2. The second-order valence-corrected chi connectivity index (χ2v) is 4.84. The summed E-state index contributed by atoms with van der Waals surface area (Å²) >= 11 is 0. The summed E-state index contributed by atoms with van der Waals surface area (Å²) in [6.45, 7) is 4.42. The van der Waals surface area contributed by atoms with Gasteiger partial charge >= 0.3 is 0 Å². The summed E-state index contributed by atoms with van der Waals surface area (Å²) in [4.78, 5) is 33.9. The van der Waals surface area contributed by atoms with E-state index in [0.29, 0.717) is 32.7 Å². The molecule has 0 radical (unpaired) electrons. The van der Waals surface area contributed by atoms with Gasteiger partial charge in [-0.3, -0.25) is 14.5 Å². The van der Waals surface area contributed by atoms with E-state index < -0.39 is 0 Å². The van der Waals surface area contributed by atoms with Crippen LogP contribution in [0.3, 0.4) is 0 Å². The predicted molar refractivity (Wildman–Crippen MR) is 68.8 cm³/mol. The van der Waals surface area contributed by atoms with Gasteiger partial charge in [-0.15, -0.1) is 0 Å². The van der Waals surface area contributed by atoms with Gasteiger partial charge in [0.1, 0.15) is 5.82 Å². The molecule has 0 saturated carbocycles. The van der Waals surface area contributed by atoms with Crippen molar-refractivity contribution in [3.8, 4) is 0 Å². The van der Waals surface area contributed by atoms with Gasteiger partial charge in [0.05, 0.1) is 12.5 Å². The van der Waals surface area contributed by atoms with Crippen LogP contribution in [0.5, 0.6) is 0 Å². The van der Waals surface area contributed by atoms with Crippen molar-refractivity contribution in [3.63, 3.8) is 0 Å². The number of nitrogens with two attached hydrogens (primary N) is 1. The first kappa shape index (κ1) is 13.5. The molecule has 0 spiro atoms. The molecule has 104 valence electrons. The summed E-state index contributed by atoms with van der Waals surface area (Å²) in [5.41, 5.74) is 5.41. The van der Waals surface area contributed by atoms with Crippen LogP contribution >= 0.6 is 0 Å². The molecule has 1 unspecified atom stereocenters. The number of nitrogens with one attached hydrogen (secondary N) is 1. The monoisotopic (exact) mass is 265 g/mol. The first-order valence-corrected chi connectivity index (χ1v) is 6.31. The van der Waals surface area contributed by atoms with Crippen LogP contribution in [0.1, 0.15) is 12.7 Å². The normalized spacial score (nSPS) is 21.1. The second-order valence-electron chi connectivity index (χ2n) is 4.84. The second kappa shape index (κ2) is 5.83. The first-order chi connectivity index (χ1) is 9.06. The summed E-state index contributed by atoms with van der Waals surface area (Å²) in [5.74, 6) is 0.129. The average Bonchev–Trinajstić information content (AvgIpc) is 2.74. The van der Waals surface area contributed by atoms with Crippen molar-refractivity contribution < 1.29 is 9.59 Å². The number of hydrogen-bond donors (Lipinski definition) is 2. The molecule has 0 aliphatic carbocycles. The fourth-order valence-electron chi connectivity index (χ4n) is 2.29. The Hall–Kier alpha value is -1.89. The zero-order valence-electron chi connectivity index (χ0n) is 11.0. The van der Waals surface area contributed by atoms with Crippen LogP contribution in [-0.2, 0) is 16.1 Å². The summed E-state index contributed by atoms with van der Waals surface area (Å²) < 4.78 is 0. The molecule has 1 saturated heterocycles. The molecule has 19 heavy (non-hydrogen) atoms. The lowest BCUT2D eigenvalue weighted by Gasteiger charge is -2.20. The zero-order valence-corrected chi connectivity index (χ0v) is 11.0. The molecular formula is C12H19N5O2. The van der Waals surface area contributed by atoms with E-state index in [-0.39, 0.29) is 17.7 Å². The van der Waals surface area contributed by atoms with E-state index in [0.717, 1.165) is 5.82 Å². The zero-order chi connectivity index (χ0) is 13.8. The van der Waals surface area contributed by atoms with Gasteiger partial charge in [-0.25, -0.2) is 4.98 Å². The van der Waals surface area contributed by atoms with Crippen molar-refractivity contribution >= 4 is 11.8 Å². The number of aromatic amines is 1. The van der Waals surface area contributed by atoms with Gasteiger partial charge in [0.2, 0.25) is 11.8 Å². The standard InChI is InChI=1S/C12H19N5O2/c1-9(18)17-5-4-16(6-10(7-17)12(13)19)8-11-14-2-3-15-11/h2-3,10H,4-8H2,1H3,(H2,13,19)(H,14,15). The Bertz CT molecular complexity index is 445. The minimum Gasteiger partial charge on any atom is -0.369 e. The van der Waals surface area contributed by atoms with E-state index in [9.17, 15) is 9.59 Å². The van der Waals surface area contributed by atoms with Crippen LogP contribution in [0.2, 0.25) is 0 Å². The Kier molecular flexibility index (Phi) is 4.16. The molecule has 1 aromatic rings. The Labute approximate surface area is 111 Å². The smallest absolute Gasteiger partial charge is 0.223 e. The number of rotatable bonds is 3. The molecule has 1 aliphatic rings. The van der Waals surface area contributed by atoms with Gasteiger partial charge in [-0.1, -0.05) is 0 Å². The highest BCUT2D eigenvalue weighted by molar-refractivity contribution is 5.79. The molecule has 2 heterocycles. The maximum atomic E-state index is 11.5. The fourth-order valence-corrected chi connectivity index (χ4v) is 2.29. The minimum absolute atomic E-state index is 0.0221. The molecule has 0 bridgehead atoms. The third-order valence-corrected chi connectivity index (χ3v) is 3.38. The number of nitrogens with zero attached hydrogens (tertiary/aromatic N) is 3. The van der Waals surface area contributed by atoms with Gasteiger partial charge in [0, 0.05) is 45.5 Å². The van der Waals surface area contributed by atoms with Crippen LogP contribution in [0.15, 0.2) is 12.4 Å². The lowest BCUT2D eigenvalue weighted by atomic mass is 10.1. The molecule has 1 fully saturated rings. The third kappa shape index (κ3) is 3.54. The molecule has 1 aromatic heterocycles. The van der Waals surface area contributed by atoms with Gasteiger partial charge < -0.3 is 15.6 Å². The van der Waals surface area contributed by atoms with Crippen LogP contribution in [0, 0.1) is 5.92 Å². The Balaban J connectivity index is 2.05. The number of carbonyl (C=O) groups excluding carboxylic acids is 2. The summed E-state index contributed by atoms with van der Waals surface area (Å²) in [6.07, 6.45) is 3.46. The molecule has 2 rings (SSSR count). The van der Waals surface area contributed by atoms with Gasteiger partial charge in [0.25, 0.3) is 0 Å². The van der Waals surface area contributed by atoms with Crippen LogP contribution in [0.4, 0.5) is 0 Å². The van der Waals surface area contributed by atoms with Crippen molar-refractivity contribution in [1.29, 1.82) is 0 Å². The molecular weight excluding hydrogens is 246 g/mol. The predicted octanol–water partition coefficient (Wildman–Crippen LogP) is -0.825. The highest BCUT2D eigenvalue weighted by Gasteiger charge is 2.27. The fraction of sp³-hybridized carbons (Fsp3) is 0.583. The third-order valence-electron chi connectivity index (χ3n) is 3.38. The molecule has 1 aliphatic heterocycles. The quantitative estimate of drug-likeness (QED) is 0.746. The lowest BCUT2D eigenvalue weighted by Crippen LogP contribution is -2.39. The maximum Gasteiger partial charge on any atom is 0.223 e. The maximum absolute atomic E-state index is 11.5. The Morgan fingerprint density at radius 1 is 1.47 bits per heavy atom. The SMILES string of the molecule is CC(=O)N1CCN(Cc2ncc[nH]2)CC(C(N)=O)C1. The van der Waals surface area contributed by atoms with Gasteiger partial charge in [-0.05, 0) is 0 Å². The molecule has 7 heteroatoms. The van der Waals surface area contributed by atoms with Crippen LogP contribution < -0.4 is 5.73 Å². The van der Waals surface area contributed by atoms with E-state index in [2.05, 4.69) is 14.9 Å². The molecule has 0 aromatic carbocycles. The Morgan fingerprint density at radius 3 is 2.84 bits per heavy atom. The van der Waals surface area contributed by atoms with Crippen molar-refractivity contribution in [3.05, 3.63) is 18.2 Å². The van der Waals surface area contributed by atoms with Crippen molar-refractivity contribution in [1.82, 2.24) is 19.8 Å². The van der Waals surface area contributed by atoms with E-state index in [1.54, 1.807) is 17.3 Å². The summed E-state index contributed by atoms with van der Waals surface area (Å²) in [6, 6.07) is 0. The van der Waals surface area contributed by atoms with Crippen LogP contribution in [0.25, 0.3) is 0 Å². The molecule has 2 amide bonds. The van der Waals surface area contributed by atoms with Gasteiger partial charge in [-0.2, -0.15) is 0 Å². The molecule has 1 atom stereocenters. The minimum atomic E-state index is -0.363. The molecule has 7 nitrogen and oxygen atoms in total. The average molecular weight is 265 g/mol. The number of H-pyrrole nitrogens is 1. The lowest BCUT2D eigenvalue weighted by molar-refractivity contribution is -0.130. The number of hydrogen-bond acceptors (Lipinski definition) is 4. The van der Waals surface area contributed by atoms with E-state index in [1.807, 2.05) is 0 Å². The molecule has 3 N–H and O–H groups in total. The number of amides is 2. The van der Waals surface area contributed by atoms with Crippen molar-refractivity contribution in [2.45, 2.75) is 13.5 Å². The van der Waals surface area contributed by atoms with Gasteiger partial charge in [0.15, 0.2) is 0 Å². The first-order valence-electron chi connectivity index (χ1n) is 6.31. The van der Waals surface area contributed by atoms with Crippen LogP contribution in [-0.4, -0.2) is 57.8 Å². The number of primary amides is 1. The van der Waals surface area contributed by atoms with E-state index in [1.165, 1.54) is 6.92 Å². The summed E-state index contributed by atoms with van der Waals surface area (Å²) in [7, 11) is 0. The van der Waals surface area contributed by atoms with E-state index >= 15 is 0 Å². The number of aromatic nitrogens is 2. The van der Waals surface area contributed by atoms with E-state index in [4.69, 9.17) is 5.73 Å². The topological polar surface area (TPSA) is 95.3 Å². The van der Waals surface area contributed by atoms with Crippen molar-refractivity contribution in [2.75, 3.05) is 26.2 Å². The Morgan fingerprint density at radius 2 is 2.26 bits per heavy atom. The van der Waals surface area contributed by atoms with Crippen molar-refractivity contribution in [2.24, 2.45) is 11.7 Å². The number of imidazole rings is 1. The number of carbonyl (C=O) groups is 2.